The van der Waals surface area contributed by atoms with Crippen LogP contribution in [0, 0.1) is 0 Å². The lowest BCUT2D eigenvalue weighted by atomic mass is 10.1. The van der Waals surface area contributed by atoms with Gasteiger partial charge in [0.15, 0.2) is 0 Å². The Kier molecular flexibility index (Phi) is 5.31. The summed E-state index contributed by atoms with van der Waals surface area (Å²) in [5.41, 5.74) is 1.52. The molecule has 1 heterocycles. The maximum absolute atomic E-state index is 5.52. The van der Waals surface area contributed by atoms with E-state index in [1.807, 2.05) is 11.8 Å². The standard InChI is InChI=1S/C16H25NOS/c1-16(2,3)17-11-13-6-8-14(9-7-13)19-15-5-4-10-18-12-15/h6-9,15,17H,4-5,10-12H2,1-3H3. The number of ether oxygens (including phenoxy) is 1. The lowest BCUT2D eigenvalue weighted by Gasteiger charge is -2.22. The molecular formula is C16H25NOS. The van der Waals surface area contributed by atoms with Gasteiger partial charge in [-0.15, -0.1) is 11.8 Å². The van der Waals surface area contributed by atoms with Crippen molar-refractivity contribution in [3.63, 3.8) is 0 Å². The van der Waals surface area contributed by atoms with Gasteiger partial charge >= 0.3 is 0 Å². The molecule has 0 spiro atoms. The molecule has 1 atom stereocenters. The van der Waals surface area contributed by atoms with E-state index in [2.05, 4.69) is 50.4 Å². The first-order chi connectivity index (χ1) is 9.03. The maximum atomic E-state index is 5.52. The van der Waals surface area contributed by atoms with E-state index >= 15 is 0 Å². The molecular weight excluding hydrogens is 254 g/mol. The van der Waals surface area contributed by atoms with Crippen molar-refractivity contribution in [2.75, 3.05) is 13.2 Å². The normalized spacial score (nSPS) is 20.5. The van der Waals surface area contributed by atoms with Gasteiger partial charge in [0.05, 0.1) is 6.61 Å². The summed E-state index contributed by atoms with van der Waals surface area (Å²) >= 11 is 1.95. The molecule has 0 amide bonds. The summed E-state index contributed by atoms with van der Waals surface area (Å²) in [7, 11) is 0. The van der Waals surface area contributed by atoms with Crippen LogP contribution in [0.15, 0.2) is 29.2 Å². The minimum Gasteiger partial charge on any atom is -0.380 e. The van der Waals surface area contributed by atoms with Crippen LogP contribution in [0.3, 0.4) is 0 Å². The molecule has 2 nitrogen and oxygen atoms in total. The zero-order valence-corrected chi connectivity index (χ0v) is 13.1. The van der Waals surface area contributed by atoms with Gasteiger partial charge in [-0.3, -0.25) is 0 Å². The molecule has 3 heteroatoms. The summed E-state index contributed by atoms with van der Waals surface area (Å²) in [6.45, 7) is 9.36. The summed E-state index contributed by atoms with van der Waals surface area (Å²) in [5.74, 6) is 0. The van der Waals surface area contributed by atoms with Crippen LogP contribution in [-0.2, 0) is 11.3 Å². The Labute approximate surface area is 121 Å². The van der Waals surface area contributed by atoms with Crippen LogP contribution in [-0.4, -0.2) is 24.0 Å². The molecule has 2 rings (SSSR count). The molecule has 1 fully saturated rings. The number of rotatable bonds is 4. The van der Waals surface area contributed by atoms with Gasteiger partial charge in [-0.2, -0.15) is 0 Å². The minimum atomic E-state index is 0.173. The van der Waals surface area contributed by atoms with Crippen molar-refractivity contribution in [3.05, 3.63) is 29.8 Å². The molecule has 1 aromatic rings. The van der Waals surface area contributed by atoms with E-state index in [9.17, 15) is 0 Å². The van der Waals surface area contributed by atoms with Crippen molar-refractivity contribution in [1.29, 1.82) is 0 Å². The molecule has 1 aliphatic rings. The largest absolute Gasteiger partial charge is 0.380 e. The fourth-order valence-corrected chi connectivity index (χ4v) is 3.18. The third kappa shape index (κ3) is 5.55. The first-order valence-electron chi connectivity index (χ1n) is 7.11. The van der Waals surface area contributed by atoms with E-state index in [-0.39, 0.29) is 5.54 Å². The van der Waals surface area contributed by atoms with E-state index in [1.165, 1.54) is 23.3 Å². The number of benzene rings is 1. The molecule has 0 aliphatic carbocycles. The third-order valence-electron chi connectivity index (χ3n) is 3.17. The van der Waals surface area contributed by atoms with Gasteiger partial charge in [-0.25, -0.2) is 0 Å². The van der Waals surface area contributed by atoms with Crippen LogP contribution >= 0.6 is 11.8 Å². The van der Waals surface area contributed by atoms with Crippen molar-refractivity contribution in [2.45, 2.75) is 55.8 Å². The van der Waals surface area contributed by atoms with E-state index in [0.717, 1.165) is 19.8 Å². The van der Waals surface area contributed by atoms with Crippen molar-refractivity contribution >= 4 is 11.8 Å². The van der Waals surface area contributed by atoms with E-state index in [1.54, 1.807) is 0 Å². The predicted octanol–water partition coefficient (Wildman–Crippen LogP) is 3.85. The summed E-state index contributed by atoms with van der Waals surface area (Å²) in [4.78, 5) is 1.36. The van der Waals surface area contributed by atoms with Gasteiger partial charge in [-0.1, -0.05) is 12.1 Å². The van der Waals surface area contributed by atoms with Gasteiger partial charge in [0.2, 0.25) is 0 Å². The van der Waals surface area contributed by atoms with Crippen molar-refractivity contribution in [3.8, 4) is 0 Å². The molecule has 1 saturated heterocycles. The molecule has 19 heavy (non-hydrogen) atoms. The second-order valence-corrected chi connectivity index (χ2v) is 7.58. The van der Waals surface area contributed by atoms with Crippen LogP contribution < -0.4 is 5.32 Å². The molecule has 1 N–H and O–H groups in total. The summed E-state index contributed by atoms with van der Waals surface area (Å²) < 4.78 is 5.52. The Morgan fingerprint density at radius 1 is 1.26 bits per heavy atom. The second-order valence-electron chi connectivity index (χ2n) is 6.20. The molecule has 0 aromatic heterocycles. The average molecular weight is 279 g/mol. The Bertz CT molecular complexity index is 377. The summed E-state index contributed by atoms with van der Waals surface area (Å²) in [5, 5.41) is 4.14. The molecule has 0 radical (unpaired) electrons. The van der Waals surface area contributed by atoms with Crippen LogP contribution in [0.1, 0.15) is 39.2 Å². The Morgan fingerprint density at radius 2 is 2.00 bits per heavy atom. The number of nitrogens with one attached hydrogen (secondary N) is 1. The lowest BCUT2D eigenvalue weighted by Crippen LogP contribution is -2.35. The fraction of sp³-hybridized carbons (Fsp3) is 0.625. The number of hydrogen-bond acceptors (Lipinski definition) is 3. The van der Waals surface area contributed by atoms with Crippen LogP contribution in [0.2, 0.25) is 0 Å². The maximum Gasteiger partial charge on any atom is 0.0588 e. The van der Waals surface area contributed by atoms with Gasteiger partial charge in [0.1, 0.15) is 0 Å². The first-order valence-corrected chi connectivity index (χ1v) is 7.99. The zero-order chi connectivity index (χ0) is 13.7. The summed E-state index contributed by atoms with van der Waals surface area (Å²) in [6.07, 6.45) is 2.48. The lowest BCUT2D eigenvalue weighted by molar-refractivity contribution is 0.101. The Hall–Kier alpha value is -0.510. The van der Waals surface area contributed by atoms with Crippen molar-refractivity contribution < 1.29 is 4.74 Å². The highest BCUT2D eigenvalue weighted by Gasteiger charge is 2.15. The van der Waals surface area contributed by atoms with E-state index in [0.29, 0.717) is 5.25 Å². The van der Waals surface area contributed by atoms with Gasteiger partial charge in [-0.05, 0) is 51.3 Å². The zero-order valence-electron chi connectivity index (χ0n) is 12.2. The molecule has 1 aliphatic heterocycles. The molecule has 106 valence electrons. The van der Waals surface area contributed by atoms with Crippen molar-refractivity contribution in [2.24, 2.45) is 0 Å². The fourth-order valence-electron chi connectivity index (χ4n) is 2.05. The second kappa shape index (κ2) is 6.78. The predicted molar refractivity (Wildman–Crippen MR) is 82.7 cm³/mol. The Morgan fingerprint density at radius 3 is 2.58 bits per heavy atom. The molecule has 0 saturated carbocycles. The molecule has 1 unspecified atom stereocenters. The molecule has 0 bridgehead atoms. The highest BCUT2D eigenvalue weighted by Crippen LogP contribution is 2.28. The average Bonchev–Trinajstić information content (AvgIpc) is 2.38. The van der Waals surface area contributed by atoms with Crippen LogP contribution in [0.25, 0.3) is 0 Å². The minimum absolute atomic E-state index is 0.173. The van der Waals surface area contributed by atoms with Crippen LogP contribution in [0.4, 0.5) is 0 Å². The first kappa shape index (κ1) is 14.9. The SMILES string of the molecule is CC(C)(C)NCc1ccc(SC2CCCOC2)cc1. The van der Waals surface area contributed by atoms with Gasteiger partial charge in [0.25, 0.3) is 0 Å². The quantitative estimate of drug-likeness (QED) is 0.904. The van der Waals surface area contributed by atoms with E-state index < -0.39 is 0 Å². The van der Waals surface area contributed by atoms with Crippen LogP contribution in [0.5, 0.6) is 0 Å². The smallest absolute Gasteiger partial charge is 0.0588 e. The van der Waals surface area contributed by atoms with Crippen molar-refractivity contribution in [1.82, 2.24) is 5.32 Å². The monoisotopic (exact) mass is 279 g/mol. The Balaban J connectivity index is 1.83. The van der Waals surface area contributed by atoms with E-state index in [4.69, 9.17) is 4.74 Å². The van der Waals surface area contributed by atoms with Gasteiger partial charge < -0.3 is 10.1 Å². The highest BCUT2D eigenvalue weighted by molar-refractivity contribution is 8.00. The topological polar surface area (TPSA) is 21.3 Å². The molecule has 1 aromatic carbocycles. The number of hydrogen-bond donors (Lipinski definition) is 1. The summed E-state index contributed by atoms with van der Waals surface area (Å²) in [6, 6.07) is 8.92. The number of thioether (sulfide) groups is 1. The highest BCUT2D eigenvalue weighted by atomic mass is 32.2. The van der Waals surface area contributed by atoms with Gasteiger partial charge in [0, 0.05) is 28.8 Å². The third-order valence-corrected chi connectivity index (χ3v) is 4.42.